The Labute approximate surface area is 418 Å². The van der Waals surface area contributed by atoms with Crippen molar-refractivity contribution in [2.24, 2.45) is 0 Å². The largest absolute Gasteiger partial charge is 0.481 e. The summed E-state index contributed by atoms with van der Waals surface area (Å²) >= 11 is 0. The smallest absolute Gasteiger partial charge is 0.408 e. The maximum Gasteiger partial charge on any atom is 0.408 e. The molecule has 9 amide bonds. The van der Waals surface area contributed by atoms with Gasteiger partial charge in [-0.2, -0.15) is 0 Å². The van der Waals surface area contributed by atoms with Crippen molar-refractivity contribution in [3.05, 3.63) is 0 Å². The molecule has 0 spiro atoms. The SMILES string of the molecule is CC(C)(C)OC(=O)NCCCC[C@H](NC(=O)OC(C)(C)C)C(=O)NCCC(=O)NCCCC[C@H](NC(=O)CCNC(=O)[C@H](CCCCNC(=O)OC(C)(C)C)NC(=O)OC(C)(C)C)C(=O)NCCC(=O)O. The monoisotopic (exact) mass is 1020 g/mol. The van der Waals surface area contributed by atoms with Gasteiger partial charge in [0.05, 0.1) is 6.42 Å². The van der Waals surface area contributed by atoms with Crippen LogP contribution in [0.15, 0.2) is 0 Å². The van der Waals surface area contributed by atoms with Crippen molar-refractivity contribution in [3.63, 3.8) is 0 Å². The van der Waals surface area contributed by atoms with E-state index >= 15 is 0 Å². The lowest BCUT2D eigenvalue weighted by molar-refractivity contribution is -0.137. The molecule has 10 N–H and O–H groups in total. The molecule has 0 fully saturated rings. The number of aliphatic carboxylic acids is 1. The summed E-state index contributed by atoms with van der Waals surface area (Å²) in [5.74, 6) is -3.85. The Morgan fingerprint density at radius 3 is 0.986 bits per heavy atom. The van der Waals surface area contributed by atoms with Crippen molar-refractivity contribution in [2.75, 3.05) is 39.3 Å². The summed E-state index contributed by atoms with van der Waals surface area (Å²) in [6.45, 7) is 20.9. The molecule has 24 nitrogen and oxygen atoms in total. The predicted molar refractivity (Wildman–Crippen MR) is 262 cm³/mol. The van der Waals surface area contributed by atoms with E-state index < -0.39 is 94.5 Å². The first-order valence-electron chi connectivity index (χ1n) is 24.3. The van der Waals surface area contributed by atoms with Gasteiger partial charge in [0.25, 0.3) is 0 Å². The van der Waals surface area contributed by atoms with Crippen LogP contribution in [0.3, 0.4) is 0 Å². The lowest BCUT2D eigenvalue weighted by atomic mass is 10.1. The van der Waals surface area contributed by atoms with Gasteiger partial charge in [0.15, 0.2) is 0 Å². The first-order valence-corrected chi connectivity index (χ1v) is 24.3. The van der Waals surface area contributed by atoms with E-state index in [1.807, 2.05) is 0 Å². The van der Waals surface area contributed by atoms with Crippen LogP contribution in [0.2, 0.25) is 0 Å². The Kier molecular flexibility index (Phi) is 29.9. The minimum atomic E-state index is -1.13. The number of amides is 9. The summed E-state index contributed by atoms with van der Waals surface area (Å²) < 4.78 is 21.1. The zero-order valence-corrected chi connectivity index (χ0v) is 44.1. The highest BCUT2D eigenvalue weighted by atomic mass is 16.6. The van der Waals surface area contributed by atoms with Crippen LogP contribution < -0.4 is 47.9 Å². The third-order valence-corrected chi connectivity index (χ3v) is 9.02. The number of hydrogen-bond acceptors (Lipinski definition) is 14. The molecular formula is C47H85N9O15. The number of carboxylic acids is 1. The molecule has 0 aliphatic carbocycles. The molecule has 0 aliphatic rings. The number of carboxylic acid groups (broad SMARTS) is 1. The number of hydrogen-bond donors (Lipinski definition) is 10. The average molecular weight is 1020 g/mol. The minimum absolute atomic E-state index is 0.0432. The zero-order valence-electron chi connectivity index (χ0n) is 44.1. The fourth-order valence-electron chi connectivity index (χ4n) is 5.98. The summed E-state index contributed by atoms with van der Waals surface area (Å²) in [5.41, 5.74) is -2.97. The molecule has 0 heterocycles. The Bertz CT molecular complexity index is 1740. The number of alkyl carbamates (subject to hydrolysis) is 4. The molecule has 0 bridgehead atoms. The number of carbonyl (C=O) groups excluding carboxylic acids is 9. The maximum atomic E-state index is 13.2. The third-order valence-electron chi connectivity index (χ3n) is 9.02. The van der Waals surface area contributed by atoms with Crippen molar-refractivity contribution in [1.29, 1.82) is 0 Å². The second-order valence-electron chi connectivity index (χ2n) is 20.7. The molecule has 71 heavy (non-hydrogen) atoms. The van der Waals surface area contributed by atoms with Crippen molar-refractivity contribution in [2.45, 2.75) is 201 Å². The van der Waals surface area contributed by atoms with Crippen LogP contribution in [-0.4, -0.2) is 145 Å². The molecule has 0 rings (SSSR count). The highest BCUT2D eigenvalue weighted by Gasteiger charge is 2.27. The van der Waals surface area contributed by atoms with Crippen molar-refractivity contribution in [3.8, 4) is 0 Å². The zero-order chi connectivity index (χ0) is 54.4. The Balaban J connectivity index is 5.23. The van der Waals surface area contributed by atoms with Crippen LogP contribution in [0.5, 0.6) is 0 Å². The molecule has 0 aromatic heterocycles. The van der Waals surface area contributed by atoms with Gasteiger partial charge in [-0.05, 0) is 141 Å². The highest BCUT2D eigenvalue weighted by molar-refractivity contribution is 5.89. The number of nitrogens with one attached hydrogen (secondary N) is 9. The summed E-state index contributed by atoms with van der Waals surface area (Å²) in [7, 11) is 0. The van der Waals surface area contributed by atoms with E-state index in [0.717, 1.165) is 0 Å². The van der Waals surface area contributed by atoms with E-state index in [4.69, 9.17) is 24.1 Å². The van der Waals surface area contributed by atoms with Gasteiger partial charge in [-0.25, -0.2) is 19.2 Å². The van der Waals surface area contributed by atoms with Crippen molar-refractivity contribution >= 4 is 59.9 Å². The normalized spacial score (nSPS) is 12.8. The van der Waals surface area contributed by atoms with Gasteiger partial charge in [0.2, 0.25) is 29.5 Å². The minimum Gasteiger partial charge on any atom is -0.481 e. The van der Waals surface area contributed by atoms with E-state index in [9.17, 15) is 47.9 Å². The van der Waals surface area contributed by atoms with Gasteiger partial charge in [-0.15, -0.1) is 0 Å². The third kappa shape index (κ3) is 38.4. The van der Waals surface area contributed by atoms with Gasteiger partial charge in [0, 0.05) is 52.1 Å². The van der Waals surface area contributed by atoms with Crippen LogP contribution in [-0.2, 0) is 47.7 Å². The molecule has 408 valence electrons. The molecular weight excluding hydrogens is 931 g/mol. The molecule has 0 saturated heterocycles. The standard InChI is InChI=1S/C47H85N9O15/c1-44(2,3)68-40(64)52-26-17-14-20-32(55-42(66)70-46(7,8)9)38(62)49-28-22-34(57)48-25-16-13-19-31(37(61)51-30-24-36(59)60)54-35(58)23-29-50-39(63)33(56-43(67)71-47(10,11)12)21-15-18-27-53-41(65)69-45(4,5)6/h31-33H,13-30H2,1-12H3,(H,48,57)(H,49,62)(H,50,63)(H,51,61)(H,52,64)(H,53,65)(H,54,58)(H,55,66)(H,56,67)(H,59,60)/t31-,32-,33-/m0/s1. The second kappa shape index (κ2) is 32.7. The van der Waals surface area contributed by atoms with Gasteiger partial charge < -0.3 is 71.9 Å². The Morgan fingerprint density at radius 2 is 0.648 bits per heavy atom. The molecule has 0 unspecified atom stereocenters. The average Bonchev–Trinajstić information content (AvgIpc) is 3.19. The van der Waals surface area contributed by atoms with E-state index in [0.29, 0.717) is 38.5 Å². The van der Waals surface area contributed by atoms with Crippen LogP contribution in [0.4, 0.5) is 19.2 Å². The first kappa shape index (κ1) is 64.9. The van der Waals surface area contributed by atoms with Crippen LogP contribution in [0.1, 0.15) is 160 Å². The molecule has 0 saturated carbocycles. The quantitative estimate of drug-likeness (QED) is 0.0363. The predicted octanol–water partition coefficient (Wildman–Crippen LogP) is 3.54. The highest BCUT2D eigenvalue weighted by Crippen LogP contribution is 2.12. The number of ether oxygens (including phenoxy) is 4. The van der Waals surface area contributed by atoms with E-state index in [1.54, 1.807) is 83.1 Å². The first-order chi connectivity index (χ1) is 32.7. The number of carbonyl (C=O) groups is 10. The molecule has 3 atom stereocenters. The molecule has 0 aliphatic heterocycles. The van der Waals surface area contributed by atoms with Crippen LogP contribution in [0.25, 0.3) is 0 Å². The lowest BCUT2D eigenvalue weighted by Crippen LogP contribution is -2.50. The van der Waals surface area contributed by atoms with Crippen molar-refractivity contribution < 1.29 is 72.0 Å². The van der Waals surface area contributed by atoms with Gasteiger partial charge in [0.1, 0.15) is 40.5 Å². The summed E-state index contributed by atoms with van der Waals surface area (Å²) in [5, 5.41) is 32.5. The lowest BCUT2D eigenvalue weighted by Gasteiger charge is -2.23. The number of rotatable bonds is 30. The fraction of sp³-hybridized carbons (Fsp3) is 0.787. The van der Waals surface area contributed by atoms with Gasteiger partial charge in [-0.1, -0.05) is 0 Å². The topological polar surface area (TPSA) is 336 Å². The van der Waals surface area contributed by atoms with Crippen LogP contribution >= 0.6 is 0 Å². The molecule has 0 radical (unpaired) electrons. The fourth-order valence-corrected chi connectivity index (χ4v) is 5.98. The summed E-state index contributed by atoms with van der Waals surface area (Å²) in [6, 6.07) is -3.09. The number of unbranched alkanes of at least 4 members (excludes halogenated alkanes) is 3. The molecule has 0 aromatic carbocycles. The Morgan fingerprint density at radius 1 is 0.352 bits per heavy atom. The molecule has 0 aromatic rings. The van der Waals surface area contributed by atoms with Crippen LogP contribution in [0, 0.1) is 0 Å². The van der Waals surface area contributed by atoms with Gasteiger partial charge in [-0.3, -0.25) is 28.8 Å². The second-order valence-corrected chi connectivity index (χ2v) is 20.7. The summed E-state index contributed by atoms with van der Waals surface area (Å²) in [4.78, 5) is 125. The van der Waals surface area contributed by atoms with Gasteiger partial charge >= 0.3 is 30.3 Å². The Hall–Kier alpha value is -6.10. The summed E-state index contributed by atoms with van der Waals surface area (Å²) in [6.07, 6.45) is -0.366. The maximum absolute atomic E-state index is 13.2. The van der Waals surface area contributed by atoms with E-state index in [-0.39, 0.29) is 83.7 Å². The van der Waals surface area contributed by atoms with E-state index in [2.05, 4.69) is 47.9 Å². The van der Waals surface area contributed by atoms with E-state index in [1.165, 1.54) is 0 Å². The van der Waals surface area contributed by atoms with Crippen molar-refractivity contribution in [1.82, 2.24) is 47.9 Å². The molecule has 24 heteroatoms.